The lowest BCUT2D eigenvalue weighted by atomic mass is 10.5. The fourth-order valence-electron chi connectivity index (χ4n) is 1.81. The van der Waals surface area contributed by atoms with E-state index >= 15 is 0 Å². The van der Waals surface area contributed by atoms with Crippen LogP contribution in [0.4, 0.5) is 5.82 Å². The van der Waals surface area contributed by atoms with Crippen molar-refractivity contribution >= 4 is 17.4 Å². The van der Waals surface area contributed by atoms with Gasteiger partial charge in [-0.2, -0.15) is 0 Å². The van der Waals surface area contributed by atoms with Crippen molar-refractivity contribution in [2.75, 3.05) is 5.32 Å². The third kappa shape index (κ3) is 2.18. The molecule has 0 unspecified atom stereocenters. The molecule has 3 rings (SSSR count). The normalized spacial score (nSPS) is 10.8. The minimum Gasteiger partial charge on any atom is -0.360 e. The fraction of sp³-hybridized carbons (Fsp3) is 0.167. The van der Waals surface area contributed by atoms with Gasteiger partial charge in [-0.05, 0) is 19.1 Å². The number of carbonyl (C=O) groups excluding carboxylic acids is 1. The van der Waals surface area contributed by atoms with Crippen LogP contribution >= 0.6 is 0 Å². The van der Waals surface area contributed by atoms with E-state index in [-0.39, 0.29) is 12.2 Å². The zero-order valence-electron chi connectivity index (χ0n) is 10.6. The summed E-state index contributed by atoms with van der Waals surface area (Å²) in [6.45, 7) is 1.53. The molecular weight excluding hydrogens is 262 g/mol. The number of pyridine rings is 1. The maximum atomic E-state index is 12.0. The highest BCUT2D eigenvalue weighted by Crippen LogP contribution is 2.06. The van der Waals surface area contributed by atoms with Crippen LogP contribution in [-0.4, -0.2) is 25.2 Å². The number of aryl methyl sites for hydroxylation is 1. The number of anilines is 1. The summed E-state index contributed by atoms with van der Waals surface area (Å²) in [5.41, 5.74) is 0.120. The van der Waals surface area contributed by atoms with Crippen LogP contribution in [-0.2, 0) is 11.3 Å². The molecule has 0 aliphatic heterocycles. The molecule has 0 aromatic carbocycles. The summed E-state index contributed by atoms with van der Waals surface area (Å²) in [4.78, 5) is 23.8. The minimum atomic E-state index is -0.399. The number of carbonyl (C=O) groups is 1. The van der Waals surface area contributed by atoms with Crippen molar-refractivity contribution in [2.24, 2.45) is 0 Å². The highest BCUT2D eigenvalue weighted by Gasteiger charge is 2.11. The monoisotopic (exact) mass is 273 g/mol. The Bertz CT molecular complexity index is 829. The number of nitrogens with one attached hydrogen (secondary N) is 1. The molecule has 1 amide bonds. The minimum absolute atomic E-state index is 0.188. The lowest BCUT2D eigenvalue weighted by molar-refractivity contribution is -0.117. The summed E-state index contributed by atoms with van der Waals surface area (Å²) >= 11 is 0. The molecule has 0 aliphatic carbocycles. The van der Waals surface area contributed by atoms with Crippen molar-refractivity contribution < 1.29 is 9.32 Å². The van der Waals surface area contributed by atoms with E-state index in [9.17, 15) is 9.59 Å². The van der Waals surface area contributed by atoms with Gasteiger partial charge in [-0.1, -0.05) is 11.2 Å². The van der Waals surface area contributed by atoms with Crippen LogP contribution < -0.4 is 11.0 Å². The second-order valence-corrected chi connectivity index (χ2v) is 4.24. The van der Waals surface area contributed by atoms with Gasteiger partial charge in [-0.25, -0.2) is 9.48 Å². The lowest BCUT2D eigenvalue weighted by Gasteiger charge is -1.99. The first-order chi connectivity index (χ1) is 9.63. The zero-order chi connectivity index (χ0) is 14.1. The number of amides is 1. The van der Waals surface area contributed by atoms with E-state index in [2.05, 4.69) is 15.6 Å². The summed E-state index contributed by atoms with van der Waals surface area (Å²) in [6.07, 6.45) is 1.60. The Hall–Kier alpha value is -2.90. The Labute approximate surface area is 112 Å². The van der Waals surface area contributed by atoms with Crippen LogP contribution in [0.15, 0.2) is 39.8 Å². The number of aromatic nitrogens is 4. The third-order valence-electron chi connectivity index (χ3n) is 2.68. The van der Waals surface area contributed by atoms with E-state index in [1.807, 2.05) is 0 Å². The molecule has 0 bridgehead atoms. The Kier molecular flexibility index (Phi) is 2.82. The molecule has 0 spiro atoms. The lowest BCUT2D eigenvalue weighted by Crippen LogP contribution is -2.28. The quantitative estimate of drug-likeness (QED) is 0.746. The summed E-state index contributed by atoms with van der Waals surface area (Å²) in [5, 5.41) is 10.2. The maximum absolute atomic E-state index is 12.0. The van der Waals surface area contributed by atoms with E-state index in [1.54, 1.807) is 37.4 Å². The van der Waals surface area contributed by atoms with Gasteiger partial charge >= 0.3 is 5.69 Å². The standard InChI is InChI=1S/C12H11N5O3/c1-8-6-9(15-20-8)13-11(18)7-17-12(19)16-5-3-2-4-10(16)14-17/h2-6H,7H2,1H3,(H,13,15,18). The summed E-state index contributed by atoms with van der Waals surface area (Å²) < 4.78 is 7.30. The van der Waals surface area contributed by atoms with E-state index in [4.69, 9.17) is 4.52 Å². The molecule has 1 N–H and O–H groups in total. The predicted molar refractivity (Wildman–Crippen MR) is 69.3 cm³/mol. The van der Waals surface area contributed by atoms with Crippen molar-refractivity contribution in [3.8, 4) is 0 Å². The largest absolute Gasteiger partial charge is 0.360 e. The van der Waals surface area contributed by atoms with Crippen molar-refractivity contribution in [2.45, 2.75) is 13.5 Å². The van der Waals surface area contributed by atoms with E-state index in [0.29, 0.717) is 17.2 Å². The van der Waals surface area contributed by atoms with Gasteiger partial charge < -0.3 is 9.84 Å². The van der Waals surface area contributed by atoms with Gasteiger partial charge in [0.15, 0.2) is 11.5 Å². The summed E-state index contributed by atoms with van der Waals surface area (Å²) in [6, 6.07) is 6.77. The van der Waals surface area contributed by atoms with Crippen molar-refractivity contribution in [1.29, 1.82) is 0 Å². The molecule has 0 radical (unpaired) electrons. The molecule has 3 aromatic rings. The van der Waals surface area contributed by atoms with Crippen molar-refractivity contribution in [3.05, 3.63) is 46.7 Å². The van der Waals surface area contributed by atoms with Crippen molar-refractivity contribution in [1.82, 2.24) is 19.3 Å². The molecule has 8 heteroatoms. The van der Waals surface area contributed by atoms with Crippen LogP contribution in [0.1, 0.15) is 5.76 Å². The zero-order valence-corrected chi connectivity index (χ0v) is 10.6. The first-order valence-corrected chi connectivity index (χ1v) is 5.91. The molecule has 20 heavy (non-hydrogen) atoms. The SMILES string of the molecule is Cc1cc(NC(=O)Cn2nc3ccccn3c2=O)no1. The van der Waals surface area contributed by atoms with Gasteiger partial charge in [-0.15, -0.1) is 5.10 Å². The van der Waals surface area contributed by atoms with Crippen molar-refractivity contribution in [3.63, 3.8) is 0 Å². The molecule has 3 heterocycles. The van der Waals surface area contributed by atoms with Crippen LogP contribution in [0, 0.1) is 6.92 Å². The van der Waals surface area contributed by atoms with Crippen LogP contribution in [0.5, 0.6) is 0 Å². The molecule has 3 aromatic heterocycles. The Morgan fingerprint density at radius 3 is 3.00 bits per heavy atom. The molecule has 0 fully saturated rings. The first-order valence-electron chi connectivity index (χ1n) is 5.91. The molecular formula is C12H11N5O3. The van der Waals surface area contributed by atoms with Crippen LogP contribution in [0.3, 0.4) is 0 Å². The molecule has 8 nitrogen and oxygen atoms in total. The van der Waals surface area contributed by atoms with Gasteiger partial charge in [0.05, 0.1) is 0 Å². The van der Waals surface area contributed by atoms with Crippen LogP contribution in [0.2, 0.25) is 0 Å². The number of rotatable bonds is 3. The Morgan fingerprint density at radius 1 is 1.45 bits per heavy atom. The Morgan fingerprint density at radius 2 is 2.30 bits per heavy atom. The van der Waals surface area contributed by atoms with Gasteiger partial charge in [0, 0.05) is 12.3 Å². The van der Waals surface area contributed by atoms with Gasteiger partial charge in [0.2, 0.25) is 5.91 Å². The van der Waals surface area contributed by atoms with Gasteiger partial charge in [-0.3, -0.25) is 9.20 Å². The molecule has 0 saturated carbocycles. The highest BCUT2D eigenvalue weighted by molar-refractivity contribution is 5.89. The highest BCUT2D eigenvalue weighted by atomic mass is 16.5. The van der Waals surface area contributed by atoms with Gasteiger partial charge in [0.1, 0.15) is 12.3 Å². The number of hydrogen-bond donors (Lipinski definition) is 1. The number of nitrogens with zero attached hydrogens (tertiary/aromatic N) is 4. The van der Waals surface area contributed by atoms with Gasteiger partial charge in [0.25, 0.3) is 0 Å². The average Bonchev–Trinajstić information content (AvgIpc) is 2.95. The van der Waals surface area contributed by atoms with E-state index in [1.165, 1.54) is 4.40 Å². The second-order valence-electron chi connectivity index (χ2n) is 4.24. The topological polar surface area (TPSA) is 94.4 Å². The van der Waals surface area contributed by atoms with Crippen LogP contribution in [0.25, 0.3) is 5.65 Å². The summed E-state index contributed by atoms with van der Waals surface area (Å²) in [7, 11) is 0. The number of fused-ring (bicyclic) bond motifs is 1. The Balaban J connectivity index is 1.81. The predicted octanol–water partition coefficient (Wildman–Crippen LogP) is 0.431. The third-order valence-corrected chi connectivity index (χ3v) is 2.68. The maximum Gasteiger partial charge on any atom is 0.350 e. The average molecular weight is 273 g/mol. The molecule has 0 atom stereocenters. The number of hydrogen-bond acceptors (Lipinski definition) is 5. The molecule has 0 saturated heterocycles. The molecule has 102 valence electrons. The fourth-order valence-corrected chi connectivity index (χ4v) is 1.81. The first kappa shape index (κ1) is 12.2. The smallest absolute Gasteiger partial charge is 0.350 e. The van der Waals surface area contributed by atoms with E-state index in [0.717, 1.165) is 4.68 Å². The second kappa shape index (κ2) is 4.65. The summed E-state index contributed by atoms with van der Waals surface area (Å²) in [5.74, 6) is 0.498. The van der Waals surface area contributed by atoms with E-state index < -0.39 is 5.91 Å². The molecule has 0 aliphatic rings.